The van der Waals surface area contributed by atoms with Crippen molar-refractivity contribution < 1.29 is 4.57 Å². The van der Waals surface area contributed by atoms with Gasteiger partial charge in [0.25, 0.3) is 0 Å². The molecule has 0 aliphatic rings. The summed E-state index contributed by atoms with van der Waals surface area (Å²) in [5.41, 5.74) is 2.19. The van der Waals surface area contributed by atoms with Crippen molar-refractivity contribution in [2.75, 3.05) is 78.8 Å². The van der Waals surface area contributed by atoms with Crippen LogP contribution in [-0.2, 0) is 6.54 Å². The van der Waals surface area contributed by atoms with Crippen molar-refractivity contribution in [3.8, 4) is 0 Å². The summed E-state index contributed by atoms with van der Waals surface area (Å²) in [7, 11) is 10.6. The molecular formula is C27H46BrN6+. The Balaban J connectivity index is 0.00000281. The zero-order chi connectivity index (χ0) is 25.2. The van der Waals surface area contributed by atoms with E-state index in [0.29, 0.717) is 0 Å². The second kappa shape index (κ2) is 18.5. The minimum Gasteiger partial charge on any atom is -0.309 e. The standard InChI is InChI=1S/C26H43N6.CH3Br/c1-28(2)16-9-18-31(19-10-17-29(3)4)20-11-21-32-22-14-25(15-23-32)24-27-30(5)26-12-7-6-8-13-26;1-2/h6-8,12-15,22-24H,9-11,16-21H2,1-5H3;1H3/q+1;. The molecule has 0 unspecified atom stereocenters. The van der Waals surface area contributed by atoms with Gasteiger partial charge in [0.1, 0.15) is 6.54 Å². The highest BCUT2D eigenvalue weighted by atomic mass is 79.9. The van der Waals surface area contributed by atoms with Crippen LogP contribution in [-0.4, -0.2) is 94.7 Å². The van der Waals surface area contributed by atoms with Crippen LogP contribution < -0.4 is 9.58 Å². The fourth-order valence-corrected chi connectivity index (χ4v) is 3.60. The zero-order valence-corrected chi connectivity index (χ0v) is 23.8. The van der Waals surface area contributed by atoms with Crippen molar-refractivity contribution in [2.24, 2.45) is 5.10 Å². The molecular weight excluding hydrogens is 488 g/mol. The molecule has 0 N–H and O–H groups in total. The average molecular weight is 535 g/mol. The lowest BCUT2D eigenvalue weighted by Gasteiger charge is -2.23. The third kappa shape index (κ3) is 13.8. The van der Waals surface area contributed by atoms with Gasteiger partial charge in [-0.1, -0.05) is 34.1 Å². The van der Waals surface area contributed by atoms with Crippen LogP contribution in [0.4, 0.5) is 5.69 Å². The summed E-state index contributed by atoms with van der Waals surface area (Å²) in [5, 5.41) is 6.44. The third-order valence-corrected chi connectivity index (χ3v) is 5.48. The predicted molar refractivity (Wildman–Crippen MR) is 151 cm³/mol. The van der Waals surface area contributed by atoms with Crippen molar-refractivity contribution in [2.45, 2.75) is 25.8 Å². The Morgan fingerprint density at radius 3 is 1.79 bits per heavy atom. The maximum absolute atomic E-state index is 4.55. The summed E-state index contributed by atoms with van der Waals surface area (Å²) in [6.07, 6.45) is 9.85. The second-order valence-electron chi connectivity index (χ2n) is 8.98. The van der Waals surface area contributed by atoms with Gasteiger partial charge in [0.15, 0.2) is 12.4 Å². The van der Waals surface area contributed by atoms with Crippen LogP contribution in [0.1, 0.15) is 24.8 Å². The molecule has 0 saturated heterocycles. The van der Waals surface area contributed by atoms with Gasteiger partial charge in [-0.25, -0.2) is 4.57 Å². The Labute approximate surface area is 217 Å². The van der Waals surface area contributed by atoms with E-state index in [4.69, 9.17) is 0 Å². The minimum atomic E-state index is 1.04. The van der Waals surface area contributed by atoms with E-state index in [9.17, 15) is 0 Å². The number of alkyl halides is 1. The number of aryl methyl sites for hydroxylation is 1. The first-order valence-electron chi connectivity index (χ1n) is 12.2. The van der Waals surface area contributed by atoms with Gasteiger partial charge < -0.3 is 14.7 Å². The first-order valence-corrected chi connectivity index (χ1v) is 13.7. The topological polar surface area (TPSA) is 29.2 Å². The van der Waals surface area contributed by atoms with Crippen LogP contribution in [0.25, 0.3) is 0 Å². The molecule has 0 saturated carbocycles. The number of anilines is 1. The van der Waals surface area contributed by atoms with E-state index in [2.05, 4.69) is 105 Å². The van der Waals surface area contributed by atoms with E-state index in [1.165, 1.54) is 32.4 Å². The van der Waals surface area contributed by atoms with Crippen molar-refractivity contribution in [3.05, 3.63) is 60.4 Å². The Kier molecular flexibility index (Phi) is 16.5. The van der Waals surface area contributed by atoms with Gasteiger partial charge in [0.2, 0.25) is 0 Å². The normalized spacial score (nSPS) is 11.4. The number of pyridine rings is 1. The molecule has 1 aromatic carbocycles. The van der Waals surface area contributed by atoms with Crippen LogP contribution in [0, 0.1) is 0 Å². The Morgan fingerprint density at radius 1 is 0.735 bits per heavy atom. The summed E-state index contributed by atoms with van der Waals surface area (Å²) in [5.74, 6) is 1.81. The number of hydrogen-bond acceptors (Lipinski definition) is 5. The van der Waals surface area contributed by atoms with Crippen LogP contribution >= 0.6 is 15.9 Å². The number of hydrazone groups is 1. The van der Waals surface area contributed by atoms with Crippen LogP contribution in [0.15, 0.2) is 60.0 Å². The Morgan fingerprint density at radius 2 is 1.26 bits per heavy atom. The van der Waals surface area contributed by atoms with Gasteiger partial charge in [0, 0.05) is 37.7 Å². The fourth-order valence-electron chi connectivity index (χ4n) is 3.60. The smallest absolute Gasteiger partial charge is 0.169 e. The van der Waals surface area contributed by atoms with Gasteiger partial charge in [-0.2, -0.15) is 5.10 Å². The first-order chi connectivity index (χ1) is 16.4. The molecule has 2 rings (SSSR count). The van der Waals surface area contributed by atoms with Crippen molar-refractivity contribution in [1.82, 2.24) is 14.7 Å². The van der Waals surface area contributed by atoms with Crippen LogP contribution in [0.5, 0.6) is 0 Å². The molecule has 0 spiro atoms. The summed E-state index contributed by atoms with van der Waals surface area (Å²) >= 11 is 2.94. The van der Waals surface area contributed by atoms with Crippen molar-refractivity contribution in [3.63, 3.8) is 0 Å². The first kappa shape index (κ1) is 30.2. The quantitative estimate of drug-likeness (QED) is 0.149. The summed E-state index contributed by atoms with van der Waals surface area (Å²) in [6, 6.07) is 14.4. The molecule has 1 heterocycles. The van der Waals surface area contributed by atoms with Crippen LogP contribution in [0.3, 0.4) is 0 Å². The number of halogens is 1. The monoisotopic (exact) mass is 533 g/mol. The maximum Gasteiger partial charge on any atom is 0.169 e. The molecule has 6 nitrogen and oxygen atoms in total. The van der Waals surface area contributed by atoms with Gasteiger partial charge in [-0.05, 0) is 85.2 Å². The lowest BCUT2D eigenvalue weighted by molar-refractivity contribution is -0.697. The second-order valence-corrected chi connectivity index (χ2v) is 8.98. The highest BCUT2D eigenvalue weighted by molar-refractivity contribution is 9.08. The van der Waals surface area contributed by atoms with Gasteiger partial charge in [0.05, 0.1) is 11.9 Å². The predicted octanol–water partition coefficient (Wildman–Crippen LogP) is 4.05. The van der Waals surface area contributed by atoms with Crippen molar-refractivity contribution in [1.29, 1.82) is 0 Å². The summed E-state index contributed by atoms with van der Waals surface area (Å²) in [6.45, 7) is 6.86. The number of para-hydroxylation sites is 1. The number of rotatable bonds is 15. The summed E-state index contributed by atoms with van der Waals surface area (Å²) < 4.78 is 2.27. The highest BCUT2D eigenvalue weighted by Gasteiger charge is 2.08. The maximum atomic E-state index is 4.55. The lowest BCUT2D eigenvalue weighted by Crippen LogP contribution is -2.36. The SMILES string of the molecule is CBr.CN(C)CCCN(CCCN(C)C)CCC[n+]1ccc(C=NN(C)c2ccccc2)cc1. The lowest BCUT2D eigenvalue weighted by atomic mass is 10.2. The Hall–Kier alpha value is -1.80. The molecule has 2 aromatic rings. The number of benzene rings is 1. The molecule has 7 heteroatoms. The van der Waals surface area contributed by atoms with Gasteiger partial charge in [-0.15, -0.1) is 0 Å². The summed E-state index contributed by atoms with van der Waals surface area (Å²) in [4.78, 5) is 7.18. The number of nitrogens with zero attached hydrogens (tertiary/aromatic N) is 6. The zero-order valence-electron chi connectivity index (χ0n) is 22.2. The molecule has 0 bridgehead atoms. The third-order valence-electron chi connectivity index (χ3n) is 5.48. The van der Waals surface area contributed by atoms with Crippen molar-refractivity contribution >= 4 is 27.8 Å². The van der Waals surface area contributed by atoms with Gasteiger partial charge in [-0.3, -0.25) is 5.01 Å². The fraction of sp³-hybridized carbons (Fsp3) is 0.556. The molecule has 0 atom stereocenters. The van der Waals surface area contributed by atoms with E-state index in [1.807, 2.05) is 42.3 Å². The van der Waals surface area contributed by atoms with Crippen LogP contribution in [0.2, 0.25) is 0 Å². The molecule has 34 heavy (non-hydrogen) atoms. The molecule has 0 amide bonds. The highest BCUT2D eigenvalue weighted by Crippen LogP contribution is 2.10. The minimum absolute atomic E-state index is 1.04. The van der Waals surface area contributed by atoms with E-state index in [1.54, 1.807) is 0 Å². The van der Waals surface area contributed by atoms with E-state index >= 15 is 0 Å². The molecule has 1 aromatic heterocycles. The van der Waals surface area contributed by atoms with E-state index in [-0.39, 0.29) is 0 Å². The average Bonchev–Trinajstić information content (AvgIpc) is 2.84. The van der Waals surface area contributed by atoms with E-state index < -0.39 is 0 Å². The molecule has 0 fully saturated rings. The van der Waals surface area contributed by atoms with E-state index in [0.717, 1.165) is 37.4 Å². The number of aromatic nitrogens is 1. The molecule has 0 aliphatic carbocycles. The molecule has 0 radical (unpaired) electrons. The number of hydrogen-bond donors (Lipinski definition) is 0. The largest absolute Gasteiger partial charge is 0.309 e. The molecule has 0 aliphatic heterocycles. The Bertz CT molecular complexity index is 750. The van der Waals surface area contributed by atoms with Gasteiger partial charge >= 0.3 is 0 Å². The molecule has 190 valence electrons.